The fourth-order valence-electron chi connectivity index (χ4n) is 2.96. The number of rotatable bonds is 2. The van der Waals surface area contributed by atoms with Crippen LogP contribution < -0.4 is 4.90 Å². The van der Waals surface area contributed by atoms with Gasteiger partial charge in [0.15, 0.2) is 0 Å². The Morgan fingerprint density at radius 1 is 1.05 bits per heavy atom. The standard InChI is InChI=1S/C17H17BrFN/c18-14-7-5-6-13(12-14)16-9-3-4-11-20(16)17-10-2-1-8-15(17)19/h1-2,5-8,10,12,16H,3-4,9,11H2. The number of para-hydroxylation sites is 1. The van der Waals surface area contributed by atoms with Crippen LogP contribution >= 0.6 is 15.9 Å². The quantitative estimate of drug-likeness (QED) is 0.718. The van der Waals surface area contributed by atoms with E-state index in [1.54, 1.807) is 12.1 Å². The summed E-state index contributed by atoms with van der Waals surface area (Å²) in [6.45, 7) is 0.915. The van der Waals surface area contributed by atoms with Crippen LogP contribution in [0, 0.1) is 5.82 Å². The van der Waals surface area contributed by atoms with Gasteiger partial charge in [0.2, 0.25) is 0 Å². The van der Waals surface area contributed by atoms with Crippen molar-refractivity contribution in [2.75, 3.05) is 11.4 Å². The Kier molecular flexibility index (Phi) is 4.06. The van der Waals surface area contributed by atoms with Gasteiger partial charge in [-0.2, -0.15) is 0 Å². The number of nitrogens with zero attached hydrogens (tertiary/aromatic N) is 1. The van der Waals surface area contributed by atoms with Crippen molar-refractivity contribution in [3.05, 3.63) is 64.4 Å². The molecule has 0 saturated carbocycles. The molecule has 0 aliphatic carbocycles. The molecule has 1 aliphatic rings. The molecule has 20 heavy (non-hydrogen) atoms. The molecule has 3 rings (SSSR count). The molecule has 1 heterocycles. The molecular weight excluding hydrogens is 317 g/mol. The van der Waals surface area contributed by atoms with E-state index in [2.05, 4.69) is 33.0 Å². The predicted octanol–water partition coefficient (Wildman–Crippen LogP) is 5.32. The van der Waals surface area contributed by atoms with Crippen LogP contribution in [0.1, 0.15) is 30.9 Å². The van der Waals surface area contributed by atoms with Gasteiger partial charge in [-0.15, -0.1) is 0 Å². The SMILES string of the molecule is Fc1ccccc1N1CCCCC1c1cccc(Br)c1. The van der Waals surface area contributed by atoms with Gasteiger partial charge in [0, 0.05) is 11.0 Å². The first-order valence-corrected chi connectivity index (χ1v) is 7.81. The molecule has 1 saturated heterocycles. The Bertz CT molecular complexity index is 599. The smallest absolute Gasteiger partial charge is 0.146 e. The van der Waals surface area contributed by atoms with Gasteiger partial charge in [-0.1, -0.05) is 40.2 Å². The maximum Gasteiger partial charge on any atom is 0.146 e. The number of piperidine rings is 1. The molecule has 104 valence electrons. The van der Waals surface area contributed by atoms with Crippen LogP contribution in [-0.2, 0) is 0 Å². The second-order valence-corrected chi connectivity index (χ2v) is 6.13. The zero-order chi connectivity index (χ0) is 13.9. The van der Waals surface area contributed by atoms with Gasteiger partial charge in [-0.25, -0.2) is 4.39 Å². The van der Waals surface area contributed by atoms with Crippen LogP contribution in [0.3, 0.4) is 0 Å². The summed E-state index contributed by atoms with van der Waals surface area (Å²) < 4.78 is 15.2. The highest BCUT2D eigenvalue weighted by Gasteiger charge is 2.25. The summed E-state index contributed by atoms with van der Waals surface area (Å²) in [6.07, 6.45) is 3.39. The van der Waals surface area contributed by atoms with E-state index < -0.39 is 0 Å². The molecule has 1 atom stereocenters. The van der Waals surface area contributed by atoms with Crippen LogP contribution in [0.25, 0.3) is 0 Å². The Morgan fingerprint density at radius 3 is 2.70 bits per heavy atom. The monoisotopic (exact) mass is 333 g/mol. The van der Waals surface area contributed by atoms with E-state index in [-0.39, 0.29) is 11.9 Å². The summed E-state index contributed by atoms with van der Waals surface area (Å²) >= 11 is 3.53. The number of halogens is 2. The van der Waals surface area contributed by atoms with Crippen molar-refractivity contribution in [2.45, 2.75) is 25.3 Å². The molecular formula is C17H17BrFN. The summed E-state index contributed by atoms with van der Waals surface area (Å²) in [5, 5.41) is 0. The molecule has 0 N–H and O–H groups in total. The first-order chi connectivity index (χ1) is 9.75. The first-order valence-electron chi connectivity index (χ1n) is 7.02. The summed E-state index contributed by atoms with van der Waals surface area (Å²) in [6, 6.07) is 15.7. The topological polar surface area (TPSA) is 3.24 Å². The van der Waals surface area contributed by atoms with E-state index in [1.165, 1.54) is 12.0 Å². The molecule has 0 aromatic heterocycles. The number of hydrogen-bond donors (Lipinski definition) is 0. The molecule has 2 aromatic rings. The largest absolute Gasteiger partial charge is 0.362 e. The Morgan fingerprint density at radius 2 is 1.90 bits per heavy atom. The summed E-state index contributed by atoms with van der Waals surface area (Å²) in [4.78, 5) is 2.21. The van der Waals surface area contributed by atoms with Crippen LogP contribution in [0.2, 0.25) is 0 Å². The summed E-state index contributed by atoms with van der Waals surface area (Å²) in [5.74, 6) is -0.130. The third-order valence-electron chi connectivity index (χ3n) is 3.90. The fraction of sp³-hybridized carbons (Fsp3) is 0.294. The van der Waals surface area contributed by atoms with Crippen LogP contribution in [0.15, 0.2) is 53.0 Å². The lowest BCUT2D eigenvalue weighted by atomic mass is 9.94. The lowest BCUT2D eigenvalue weighted by Gasteiger charge is -2.38. The molecule has 1 aliphatic heterocycles. The predicted molar refractivity (Wildman–Crippen MR) is 84.5 cm³/mol. The van der Waals surface area contributed by atoms with E-state index in [0.717, 1.165) is 29.5 Å². The molecule has 3 heteroatoms. The molecule has 0 amide bonds. The van der Waals surface area contributed by atoms with Crippen molar-refractivity contribution in [3.63, 3.8) is 0 Å². The summed E-state index contributed by atoms with van der Waals surface area (Å²) in [5.41, 5.74) is 1.97. The molecule has 0 bridgehead atoms. The number of benzene rings is 2. The first kappa shape index (κ1) is 13.6. The normalized spacial score (nSPS) is 19.1. The Balaban J connectivity index is 1.98. The molecule has 1 nitrogen and oxygen atoms in total. The van der Waals surface area contributed by atoms with E-state index >= 15 is 0 Å². The fourth-order valence-corrected chi connectivity index (χ4v) is 3.38. The highest BCUT2D eigenvalue weighted by atomic mass is 79.9. The van der Waals surface area contributed by atoms with Gasteiger partial charge in [-0.05, 0) is 49.1 Å². The van der Waals surface area contributed by atoms with Crippen LogP contribution in [0.4, 0.5) is 10.1 Å². The van der Waals surface area contributed by atoms with Gasteiger partial charge in [-0.3, -0.25) is 0 Å². The Hall–Kier alpha value is -1.35. The second kappa shape index (κ2) is 5.96. The highest BCUT2D eigenvalue weighted by molar-refractivity contribution is 9.10. The minimum Gasteiger partial charge on any atom is -0.362 e. The number of hydrogen-bond acceptors (Lipinski definition) is 1. The maximum absolute atomic E-state index is 14.1. The average Bonchev–Trinajstić information content (AvgIpc) is 2.48. The van der Waals surface area contributed by atoms with E-state index in [1.807, 2.05) is 24.3 Å². The minimum absolute atomic E-state index is 0.130. The Labute approximate surface area is 127 Å². The third-order valence-corrected chi connectivity index (χ3v) is 4.39. The van der Waals surface area contributed by atoms with Crippen molar-refractivity contribution in [1.29, 1.82) is 0 Å². The van der Waals surface area contributed by atoms with Gasteiger partial charge in [0.05, 0.1) is 11.7 Å². The lowest BCUT2D eigenvalue weighted by molar-refractivity contribution is 0.464. The van der Waals surface area contributed by atoms with Crippen molar-refractivity contribution >= 4 is 21.6 Å². The van der Waals surface area contributed by atoms with Crippen LogP contribution in [0.5, 0.6) is 0 Å². The number of anilines is 1. The lowest BCUT2D eigenvalue weighted by Crippen LogP contribution is -2.33. The third kappa shape index (κ3) is 2.73. The van der Waals surface area contributed by atoms with E-state index in [9.17, 15) is 4.39 Å². The molecule has 2 aromatic carbocycles. The zero-order valence-electron chi connectivity index (χ0n) is 11.2. The highest BCUT2D eigenvalue weighted by Crippen LogP contribution is 2.36. The molecule has 1 unspecified atom stereocenters. The second-order valence-electron chi connectivity index (χ2n) is 5.21. The van der Waals surface area contributed by atoms with Gasteiger partial charge < -0.3 is 4.90 Å². The van der Waals surface area contributed by atoms with Gasteiger partial charge >= 0.3 is 0 Å². The van der Waals surface area contributed by atoms with Crippen molar-refractivity contribution in [1.82, 2.24) is 0 Å². The minimum atomic E-state index is -0.130. The van der Waals surface area contributed by atoms with Gasteiger partial charge in [0.25, 0.3) is 0 Å². The molecule has 0 spiro atoms. The van der Waals surface area contributed by atoms with Crippen molar-refractivity contribution in [3.8, 4) is 0 Å². The zero-order valence-corrected chi connectivity index (χ0v) is 12.8. The molecule has 1 fully saturated rings. The maximum atomic E-state index is 14.1. The van der Waals surface area contributed by atoms with Crippen LogP contribution in [-0.4, -0.2) is 6.54 Å². The van der Waals surface area contributed by atoms with Crippen molar-refractivity contribution < 1.29 is 4.39 Å². The van der Waals surface area contributed by atoms with E-state index in [0.29, 0.717) is 0 Å². The van der Waals surface area contributed by atoms with Gasteiger partial charge in [0.1, 0.15) is 5.82 Å². The average molecular weight is 334 g/mol. The van der Waals surface area contributed by atoms with E-state index in [4.69, 9.17) is 0 Å². The summed E-state index contributed by atoms with van der Waals surface area (Å²) in [7, 11) is 0. The van der Waals surface area contributed by atoms with Crippen molar-refractivity contribution in [2.24, 2.45) is 0 Å². The molecule has 0 radical (unpaired) electrons.